The van der Waals surface area contributed by atoms with Gasteiger partial charge in [-0.1, -0.05) is 0 Å². The minimum absolute atomic E-state index is 0.271. The number of nitrogens with one attached hydrogen (secondary N) is 1. The molecule has 98 valence electrons. The predicted molar refractivity (Wildman–Crippen MR) is 74.7 cm³/mol. The van der Waals surface area contributed by atoms with Crippen molar-refractivity contribution in [1.82, 2.24) is 20.1 Å². The van der Waals surface area contributed by atoms with Gasteiger partial charge in [0, 0.05) is 29.9 Å². The zero-order valence-electron chi connectivity index (χ0n) is 11.3. The number of aromatic nitrogens is 3. The molecule has 0 radical (unpaired) electrons. The smallest absolute Gasteiger partial charge is 0.110 e. The van der Waals surface area contributed by atoms with Crippen molar-refractivity contribution >= 4 is 11.3 Å². The number of hydrogen-bond acceptors (Lipinski definition) is 4. The van der Waals surface area contributed by atoms with E-state index in [1.54, 1.807) is 11.3 Å². The molecule has 4 nitrogen and oxygen atoms in total. The lowest BCUT2D eigenvalue weighted by Gasteiger charge is -2.09. The van der Waals surface area contributed by atoms with E-state index >= 15 is 0 Å². The van der Waals surface area contributed by atoms with Crippen molar-refractivity contribution in [3.05, 3.63) is 34.0 Å². The molecule has 0 bridgehead atoms. The largest absolute Gasteiger partial charge is 0.302 e. The summed E-state index contributed by atoms with van der Waals surface area (Å²) < 4.78 is 1.98. The summed E-state index contributed by atoms with van der Waals surface area (Å²) in [6.07, 6.45) is 2.03. The summed E-state index contributed by atoms with van der Waals surface area (Å²) in [4.78, 5) is 4.49. The van der Waals surface area contributed by atoms with Gasteiger partial charge in [-0.3, -0.25) is 4.68 Å². The van der Waals surface area contributed by atoms with Crippen LogP contribution in [0, 0.1) is 6.92 Å². The quantitative estimate of drug-likeness (QED) is 0.902. The van der Waals surface area contributed by atoms with E-state index in [4.69, 9.17) is 0 Å². The number of thiazole rings is 1. The lowest BCUT2D eigenvalue weighted by atomic mass is 10.3. The average molecular weight is 264 g/mol. The Balaban J connectivity index is 1.90. The van der Waals surface area contributed by atoms with Gasteiger partial charge in [0.05, 0.1) is 11.7 Å². The molecule has 1 N–H and O–H groups in total. The molecule has 2 rings (SSSR count). The van der Waals surface area contributed by atoms with Gasteiger partial charge in [0.15, 0.2) is 0 Å². The third-order valence-corrected chi connectivity index (χ3v) is 3.93. The monoisotopic (exact) mass is 264 g/mol. The van der Waals surface area contributed by atoms with E-state index < -0.39 is 0 Å². The Morgan fingerprint density at radius 3 is 2.72 bits per heavy atom. The zero-order valence-corrected chi connectivity index (χ0v) is 12.2. The standard InChI is InChI=1S/C13H20N4S/c1-9(2)17-6-5-12(16-17)7-14-11(4)13-15-10(3)8-18-13/h5-6,8-9,11,14H,7H2,1-4H3. The molecule has 0 aliphatic heterocycles. The van der Waals surface area contributed by atoms with Crippen LogP contribution in [0.2, 0.25) is 0 Å². The van der Waals surface area contributed by atoms with Gasteiger partial charge < -0.3 is 5.32 Å². The molecule has 2 aromatic rings. The maximum absolute atomic E-state index is 4.52. The minimum atomic E-state index is 0.271. The fraction of sp³-hybridized carbons (Fsp3) is 0.538. The van der Waals surface area contributed by atoms with E-state index in [2.05, 4.69) is 47.6 Å². The summed E-state index contributed by atoms with van der Waals surface area (Å²) in [5.74, 6) is 0. The van der Waals surface area contributed by atoms with Gasteiger partial charge in [-0.05, 0) is 33.8 Å². The number of hydrogen-bond donors (Lipinski definition) is 1. The highest BCUT2D eigenvalue weighted by molar-refractivity contribution is 7.09. The van der Waals surface area contributed by atoms with Crippen molar-refractivity contribution in [2.45, 2.75) is 46.3 Å². The fourth-order valence-corrected chi connectivity index (χ4v) is 2.50. The van der Waals surface area contributed by atoms with Crippen LogP contribution >= 0.6 is 11.3 Å². The van der Waals surface area contributed by atoms with Crippen LogP contribution < -0.4 is 5.32 Å². The van der Waals surface area contributed by atoms with Crippen molar-refractivity contribution < 1.29 is 0 Å². The van der Waals surface area contributed by atoms with Crippen molar-refractivity contribution in [1.29, 1.82) is 0 Å². The van der Waals surface area contributed by atoms with Crippen LogP contribution in [-0.2, 0) is 6.54 Å². The SMILES string of the molecule is Cc1csc(C(C)NCc2ccn(C(C)C)n2)n1. The molecule has 1 unspecified atom stereocenters. The number of nitrogens with zero attached hydrogens (tertiary/aromatic N) is 3. The molecule has 0 amide bonds. The first-order valence-electron chi connectivity index (χ1n) is 6.25. The van der Waals surface area contributed by atoms with Gasteiger partial charge in [0.1, 0.15) is 5.01 Å². The van der Waals surface area contributed by atoms with Gasteiger partial charge >= 0.3 is 0 Å². The van der Waals surface area contributed by atoms with Crippen molar-refractivity contribution in [2.75, 3.05) is 0 Å². The topological polar surface area (TPSA) is 42.7 Å². The Kier molecular flexibility index (Phi) is 4.14. The lowest BCUT2D eigenvalue weighted by molar-refractivity contribution is 0.511. The van der Waals surface area contributed by atoms with E-state index in [0.717, 1.165) is 22.9 Å². The van der Waals surface area contributed by atoms with Gasteiger partial charge in [0.25, 0.3) is 0 Å². The van der Waals surface area contributed by atoms with Gasteiger partial charge in [-0.15, -0.1) is 11.3 Å². The first kappa shape index (κ1) is 13.2. The zero-order chi connectivity index (χ0) is 13.1. The molecular formula is C13H20N4S. The Hall–Kier alpha value is -1.20. The number of rotatable bonds is 5. The first-order valence-corrected chi connectivity index (χ1v) is 7.13. The highest BCUT2D eigenvalue weighted by Crippen LogP contribution is 2.17. The molecule has 1 atom stereocenters. The van der Waals surface area contributed by atoms with Crippen LogP contribution in [0.15, 0.2) is 17.6 Å². The fourth-order valence-electron chi connectivity index (χ4n) is 1.68. The van der Waals surface area contributed by atoms with E-state index in [1.807, 2.05) is 17.8 Å². The van der Waals surface area contributed by atoms with Crippen LogP contribution in [0.4, 0.5) is 0 Å². The molecule has 0 saturated carbocycles. The van der Waals surface area contributed by atoms with Crippen LogP contribution in [0.1, 0.15) is 49.3 Å². The predicted octanol–water partition coefficient (Wildman–Crippen LogP) is 3.08. The third-order valence-electron chi connectivity index (χ3n) is 2.79. The Labute approximate surface area is 112 Å². The normalized spacial score (nSPS) is 13.2. The van der Waals surface area contributed by atoms with Crippen LogP contribution in [0.5, 0.6) is 0 Å². The van der Waals surface area contributed by atoms with E-state index in [-0.39, 0.29) is 6.04 Å². The maximum Gasteiger partial charge on any atom is 0.110 e. The molecule has 5 heteroatoms. The van der Waals surface area contributed by atoms with Crippen molar-refractivity contribution in [3.8, 4) is 0 Å². The molecule has 0 aromatic carbocycles. The summed E-state index contributed by atoms with van der Waals surface area (Å²) in [6.45, 7) is 9.20. The molecule has 2 aromatic heterocycles. The summed E-state index contributed by atoms with van der Waals surface area (Å²) in [6, 6.07) is 2.75. The molecule has 0 fully saturated rings. The Bertz CT molecular complexity index is 501. The van der Waals surface area contributed by atoms with E-state index in [0.29, 0.717) is 6.04 Å². The second kappa shape index (κ2) is 5.63. The molecule has 0 spiro atoms. The van der Waals surface area contributed by atoms with E-state index in [1.165, 1.54) is 0 Å². The Morgan fingerprint density at radius 1 is 1.39 bits per heavy atom. The summed E-state index contributed by atoms with van der Waals surface area (Å²) in [5, 5.41) is 11.2. The molecule has 0 aliphatic carbocycles. The molecular weight excluding hydrogens is 244 g/mol. The van der Waals surface area contributed by atoms with Gasteiger partial charge in [0.2, 0.25) is 0 Å². The van der Waals surface area contributed by atoms with Gasteiger partial charge in [-0.25, -0.2) is 4.98 Å². The molecule has 0 saturated heterocycles. The number of aryl methyl sites for hydroxylation is 1. The molecule has 0 aliphatic rings. The second-order valence-corrected chi connectivity index (χ2v) is 5.70. The molecule has 2 heterocycles. The summed E-state index contributed by atoms with van der Waals surface area (Å²) in [5.41, 5.74) is 2.16. The maximum atomic E-state index is 4.52. The summed E-state index contributed by atoms with van der Waals surface area (Å²) in [7, 11) is 0. The van der Waals surface area contributed by atoms with Crippen LogP contribution in [0.25, 0.3) is 0 Å². The summed E-state index contributed by atoms with van der Waals surface area (Å²) >= 11 is 1.70. The first-order chi connectivity index (χ1) is 8.56. The minimum Gasteiger partial charge on any atom is -0.302 e. The second-order valence-electron chi connectivity index (χ2n) is 4.81. The molecule has 18 heavy (non-hydrogen) atoms. The average Bonchev–Trinajstić information content (AvgIpc) is 2.94. The van der Waals surface area contributed by atoms with E-state index in [9.17, 15) is 0 Å². The van der Waals surface area contributed by atoms with Gasteiger partial charge in [-0.2, -0.15) is 5.10 Å². The van der Waals surface area contributed by atoms with Crippen LogP contribution in [0.3, 0.4) is 0 Å². The van der Waals surface area contributed by atoms with Crippen LogP contribution in [-0.4, -0.2) is 14.8 Å². The highest BCUT2D eigenvalue weighted by Gasteiger charge is 2.09. The van der Waals surface area contributed by atoms with Crippen molar-refractivity contribution in [3.63, 3.8) is 0 Å². The third kappa shape index (κ3) is 3.17. The highest BCUT2D eigenvalue weighted by atomic mass is 32.1. The Morgan fingerprint density at radius 2 is 2.17 bits per heavy atom. The van der Waals surface area contributed by atoms with Crippen molar-refractivity contribution in [2.24, 2.45) is 0 Å². The lowest BCUT2D eigenvalue weighted by Crippen LogP contribution is -2.18.